The molecule has 1 aromatic carbocycles. The minimum Gasteiger partial charge on any atom is -0.284 e. The van der Waals surface area contributed by atoms with Gasteiger partial charge >= 0.3 is 0 Å². The molecule has 0 amide bonds. The molecular formula is C16H19ClN2O2S2. The number of anilines is 1. The third-order valence-corrected chi connectivity index (χ3v) is 6.04. The fourth-order valence-electron chi connectivity index (χ4n) is 2.93. The van der Waals surface area contributed by atoms with Crippen LogP contribution in [-0.4, -0.2) is 19.7 Å². The summed E-state index contributed by atoms with van der Waals surface area (Å²) < 4.78 is 25.6. The minimum absolute atomic E-state index is 0.533. The highest BCUT2D eigenvalue weighted by Crippen LogP contribution is 2.40. The summed E-state index contributed by atoms with van der Waals surface area (Å²) in [6.45, 7) is 0. The van der Waals surface area contributed by atoms with Crippen molar-refractivity contribution >= 4 is 38.6 Å². The molecule has 23 heavy (non-hydrogen) atoms. The quantitative estimate of drug-likeness (QED) is 0.834. The molecule has 1 aliphatic rings. The number of hydrogen-bond acceptors (Lipinski definition) is 4. The zero-order chi connectivity index (χ0) is 16.4. The first kappa shape index (κ1) is 16.7. The number of hydrogen-bond donors (Lipinski definition) is 1. The largest absolute Gasteiger partial charge is 0.284 e. The van der Waals surface area contributed by atoms with Crippen LogP contribution in [0.1, 0.15) is 43.0 Å². The number of halogens is 1. The van der Waals surface area contributed by atoms with Crippen LogP contribution in [0.15, 0.2) is 24.3 Å². The molecule has 1 heterocycles. The molecule has 0 spiro atoms. The van der Waals surface area contributed by atoms with Gasteiger partial charge < -0.3 is 0 Å². The topological polar surface area (TPSA) is 59.1 Å². The van der Waals surface area contributed by atoms with Gasteiger partial charge in [-0.05, 0) is 25.0 Å². The van der Waals surface area contributed by atoms with E-state index in [1.807, 2.05) is 12.1 Å². The van der Waals surface area contributed by atoms with E-state index >= 15 is 0 Å². The molecule has 1 aliphatic carbocycles. The van der Waals surface area contributed by atoms with Gasteiger partial charge in [0.2, 0.25) is 10.0 Å². The van der Waals surface area contributed by atoms with Crippen LogP contribution in [0.3, 0.4) is 0 Å². The first-order chi connectivity index (χ1) is 10.9. The highest BCUT2D eigenvalue weighted by molar-refractivity contribution is 7.92. The zero-order valence-corrected chi connectivity index (χ0v) is 15.3. The fourth-order valence-corrected chi connectivity index (χ4v) is 4.87. The van der Waals surface area contributed by atoms with Crippen LogP contribution in [-0.2, 0) is 10.0 Å². The van der Waals surface area contributed by atoms with E-state index in [1.54, 1.807) is 23.5 Å². The lowest BCUT2D eigenvalue weighted by Gasteiger charge is -2.18. The molecule has 0 radical (unpaired) electrons. The van der Waals surface area contributed by atoms with E-state index in [4.69, 9.17) is 16.6 Å². The number of thiazole rings is 1. The Labute approximate surface area is 146 Å². The maximum absolute atomic E-state index is 11.2. The Bertz CT molecular complexity index is 779. The van der Waals surface area contributed by atoms with E-state index < -0.39 is 10.0 Å². The molecule has 0 aliphatic heterocycles. The number of benzene rings is 1. The molecule has 1 aromatic heterocycles. The molecule has 1 N–H and O–H groups in total. The van der Waals surface area contributed by atoms with E-state index in [0.29, 0.717) is 15.9 Å². The molecule has 3 rings (SSSR count). The Morgan fingerprint density at radius 3 is 2.43 bits per heavy atom. The lowest BCUT2D eigenvalue weighted by Crippen LogP contribution is -2.09. The molecular weight excluding hydrogens is 352 g/mol. The van der Waals surface area contributed by atoms with Gasteiger partial charge in [0.15, 0.2) is 0 Å². The summed E-state index contributed by atoms with van der Waals surface area (Å²) in [5.74, 6) is 0.533. The zero-order valence-electron chi connectivity index (χ0n) is 12.9. The maximum Gasteiger partial charge on any atom is 0.229 e. The van der Waals surface area contributed by atoms with Crippen molar-refractivity contribution in [2.45, 2.75) is 38.0 Å². The van der Waals surface area contributed by atoms with Crippen molar-refractivity contribution < 1.29 is 8.42 Å². The molecule has 0 saturated heterocycles. The number of nitrogens with one attached hydrogen (secondary N) is 1. The second-order valence-corrected chi connectivity index (χ2v) is 9.34. The van der Waals surface area contributed by atoms with Crippen molar-refractivity contribution in [3.05, 3.63) is 33.6 Å². The Kier molecular flexibility index (Phi) is 4.94. The van der Waals surface area contributed by atoms with Gasteiger partial charge in [0, 0.05) is 17.2 Å². The van der Waals surface area contributed by atoms with Crippen LogP contribution in [0.5, 0.6) is 0 Å². The summed E-state index contributed by atoms with van der Waals surface area (Å²) in [6, 6.07) is 7.15. The summed E-state index contributed by atoms with van der Waals surface area (Å²) in [4.78, 5) is 4.76. The number of aromatic nitrogens is 1. The van der Waals surface area contributed by atoms with Crippen LogP contribution in [0.2, 0.25) is 4.34 Å². The second-order valence-electron chi connectivity index (χ2n) is 5.96. The van der Waals surface area contributed by atoms with Crippen LogP contribution in [0.25, 0.3) is 11.3 Å². The first-order valence-electron chi connectivity index (χ1n) is 7.67. The molecule has 0 bridgehead atoms. The van der Waals surface area contributed by atoms with E-state index in [-0.39, 0.29) is 0 Å². The number of nitrogens with zero attached hydrogens (tertiary/aromatic N) is 1. The number of sulfonamides is 1. The van der Waals surface area contributed by atoms with E-state index in [2.05, 4.69) is 4.72 Å². The monoisotopic (exact) mass is 370 g/mol. The highest BCUT2D eigenvalue weighted by atomic mass is 35.5. The van der Waals surface area contributed by atoms with E-state index in [9.17, 15) is 8.42 Å². The predicted molar refractivity (Wildman–Crippen MR) is 96.9 cm³/mol. The molecule has 0 atom stereocenters. The molecule has 124 valence electrons. The summed E-state index contributed by atoms with van der Waals surface area (Å²) in [7, 11) is -3.26. The van der Waals surface area contributed by atoms with Gasteiger partial charge in [0.25, 0.3) is 0 Å². The van der Waals surface area contributed by atoms with Crippen molar-refractivity contribution in [3.63, 3.8) is 0 Å². The highest BCUT2D eigenvalue weighted by Gasteiger charge is 2.21. The number of rotatable bonds is 4. The third kappa shape index (κ3) is 4.25. The van der Waals surface area contributed by atoms with Crippen molar-refractivity contribution in [2.24, 2.45) is 0 Å². The van der Waals surface area contributed by atoms with E-state index in [0.717, 1.165) is 22.5 Å². The van der Waals surface area contributed by atoms with Crippen molar-refractivity contribution in [3.8, 4) is 11.3 Å². The SMILES string of the molecule is CS(=O)(=O)Nc1ccc(-c2nc(C3CCCCC3)sc2Cl)cc1. The fraction of sp³-hybridized carbons (Fsp3) is 0.438. The van der Waals surface area contributed by atoms with Gasteiger partial charge in [0.05, 0.1) is 11.3 Å². The van der Waals surface area contributed by atoms with Gasteiger partial charge in [-0.3, -0.25) is 4.72 Å². The average molecular weight is 371 g/mol. The average Bonchev–Trinajstić information content (AvgIpc) is 2.89. The van der Waals surface area contributed by atoms with Crippen LogP contribution >= 0.6 is 22.9 Å². The lowest BCUT2D eigenvalue weighted by atomic mass is 9.90. The minimum atomic E-state index is -3.26. The summed E-state index contributed by atoms with van der Waals surface area (Å²) in [5.41, 5.74) is 2.24. The normalized spacial score (nSPS) is 16.4. The van der Waals surface area contributed by atoms with Gasteiger partial charge in [0.1, 0.15) is 10.0 Å². The van der Waals surface area contributed by atoms with Gasteiger partial charge in [-0.2, -0.15) is 0 Å². The molecule has 7 heteroatoms. The first-order valence-corrected chi connectivity index (χ1v) is 10.8. The van der Waals surface area contributed by atoms with Crippen LogP contribution in [0.4, 0.5) is 5.69 Å². The van der Waals surface area contributed by atoms with Gasteiger partial charge in [-0.25, -0.2) is 13.4 Å². The van der Waals surface area contributed by atoms with Crippen LogP contribution in [0, 0.1) is 0 Å². The van der Waals surface area contributed by atoms with Crippen molar-refractivity contribution in [2.75, 3.05) is 11.0 Å². The predicted octanol–water partition coefficient (Wildman–Crippen LogP) is 4.88. The van der Waals surface area contributed by atoms with Crippen molar-refractivity contribution in [1.82, 2.24) is 4.98 Å². The Morgan fingerprint density at radius 1 is 1.17 bits per heavy atom. The summed E-state index contributed by atoms with van der Waals surface area (Å²) in [5, 5.41) is 1.13. The molecule has 1 saturated carbocycles. The van der Waals surface area contributed by atoms with Gasteiger partial charge in [-0.15, -0.1) is 11.3 Å². The smallest absolute Gasteiger partial charge is 0.229 e. The van der Waals surface area contributed by atoms with Crippen molar-refractivity contribution in [1.29, 1.82) is 0 Å². The van der Waals surface area contributed by atoms with Crippen LogP contribution < -0.4 is 4.72 Å². The molecule has 0 unspecified atom stereocenters. The van der Waals surface area contributed by atoms with Gasteiger partial charge in [-0.1, -0.05) is 43.0 Å². The summed E-state index contributed by atoms with van der Waals surface area (Å²) in [6.07, 6.45) is 7.37. The Morgan fingerprint density at radius 2 is 1.83 bits per heavy atom. The second kappa shape index (κ2) is 6.79. The Hall–Kier alpha value is -1.11. The maximum atomic E-state index is 11.2. The summed E-state index contributed by atoms with van der Waals surface area (Å²) >= 11 is 7.96. The molecule has 1 fully saturated rings. The third-order valence-electron chi connectivity index (χ3n) is 4.02. The molecule has 4 nitrogen and oxygen atoms in total. The lowest BCUT2D eigenvalue weighted by molar-refractivity contribution is 0.442. The standard InChI is InChI=1S/C16H19ClN2O2S2/c1-23(20,21)19-13-9-7-11(8-10-13)14-15(17)22-16(18-14)12-5-3-2-4-6-12/h7-10,12,19H,2-6H2,1H3. The molecule has 2 aromatic rings. The Balaban J connectivity index is 1.82. The van der Waals surface area contributed by atoms with E-state index in [1.165, 1.54) is 32.1 Å².